The predicted octanol–water partition coefficient (Wildman–Crippen LogP) is 1.63. The van der Waals surface area contributed by atoms with Crippen LogP contribution in [0, 0.1) is 6.92 Å². The highest BCUT2D eigenvalue weighted by Crippen LogP contribution is 2.14. The van der Waals surface area contributed by atoms with Crippen molar-refractivity contribution in [1.29, 1.82) is 0 Å². The number of hydrogen-bond acceptors (Lipinski definition) is 5. The van der Waals surface area contributed by atoms with Crippen LogP contribution in [0.25, 0.3) is 0 Å². The van der Waals surface area contributed by atoms with Gasteiger partial charge >= 0.3 is 0 Å². The Morgan fingerprint density at radius 1 is 1.50 bits per heavy atom. The van der Waals surface area contributed by atoms with Crippen LogP contribution in [0.2, 0.25) is 0 Å². The van der Waals surface area contributed by atoms with Gasteiger partial charge in [-0.25, -0.2) is 9.67 Å². The lowest BCUT2D eigenvalue weighted by Gasteiger charge is -2.03. The molecule has 2 heterocycles. The van der Waals surface area contributed by atoms with E-state index in [2.05, 4.69) is 22.2 Å². The molecule has 0 atom stereocenters. The van der Waals surface area contributed by atoms with Crippen molar-refractivity contribution in [2.24, 2.45) is 0 Å². The van der Waals surface area contributed by atoms with Crippen LogP contribution in [0.1, 0.15) is 29.7 Å². The molecular formula is C10H15N5S. The molecule has 0 unspecified atom stereocenters. The topological polar surface area (TPSA) is 69.6 Å². The molecule has 0 spiro atoms. The summed E-state index contributed by atoms with van der Waals surface area (Å²) in [4.78, 5) is 4.41. The van der Waals surface area contributed by atoms with Crippen molar-refractivity contribution in [2.45, 2.75) is 33.2 Å². The van der Waals surface area contributed by atoms with E-state index in [1.54, 1.807) is 11.3 Å². The molecule has 0 aromatic carbocycles. The minimum absolute atomic E-state index is 0.537. The van der Waals surface area contributed by atoms with E-state index in [0.717, 1.165) is 29.2 Å². The first-order valence-corrected chi connectivity index (χ1v) is 6.17. The molecule has 0 aliphatic carbocycles. The molecule has 0 radical (unpaired) electrons. The van der Waals surface area contributed by atoms with E-state index >= 15 is 0 Å². The Bertz CT molecular complexity index is 473. The van der Waals surface area contributed by atoms with Crippen molar-refractivity contribution in [3.05, 3.63) is 21.8 Å². The Balaban J connectivity index is 2.20. The SMILES string of the molecule is CCCc1c(N)nnn1Cc1nc(C)cs1. The largest absolute Gasteiger partial charge is 0.381 e. The highest BCUT2D eigenvalue weighted by molar-refractivity contribution is 7.09. The smallest absolute Gasteiger partial charge is 0.169 e. The van der Waals surface area contributed by atoms with Crippen LogP contribution in [0.5, 0.6) is 0 Å². The van der Waals surface area contributed by atoms with Crippen molar-refractivity contribution in [1.82, 2.24) is 20.0 Å². The van der Waals surface area contributed by atoms with Gasteiger partial charge in [-0.1, -0.05) is 18.6 Å². The summed E-state index contributed by atoms with van der Waals surface area (Å²) in [6, 6.07) is 0. The molecule has 0 amide bonds. The molecule has 86 valence electrons. The van der Waals surface area contributed by atoms with Gasteiger partial charge in [-0.3, -0.25) is 0 Å². The van der Waals surface area contributed by atoms with Gasteiger partial charge in [-0.05, 0) is 13.3 Å². The maximum atomic E-state index is 5.77. The van der Waals surface area contributed by atoms with Crippen LogP contribution >= 0.6 is 11.3 Å². The van der Waals surface area contributed by atoms with Crippen LogP contribution in [0.15, 0.2) is 5.38 Å². The summed E-state index contributed by atoms with van der Waals surface area (Å²) >= 11 is 1.64. The van der Waals surface area contributed by atoms with Crippen molar-refractivity contribution in [3.8, 4) is 0 Å². The summed E-state index contributed by atoms with van der Waals surface area (Å²) in [5, 5.41) is 11.0. The molecule has 2 aromatic rings. The second kappa shape index (κ2) is 4.61. The maximum absolute atomic E-state index is 5.77. The van der Waals surface area contributed by atoms with Crippen molar-refractivity contribution < 1.29 is 0 Å². The summed E-state index contributed by atoms with van der Waals surface area (Å²) in [5.74, 6) is 0.537. The fraction of sp³-hybridized carbons (Fsp3) is 0.500. The molecular weight excluding hydrogens is 222 g/mol. The molecule has 2 N–H and O–H groups in total. The third-order valence-electron chi connectivity index (χ3n) is 2.31. The highest BCUT2D eigenvalue weighted by atomic mass is 32.1. The van der Waals surface area contributed by atoms with Gasteiger partial charge in [0, 0.05) is 11.1 Å². The van der Waals surface area contributed by atoms with E-state index in [4.69, 9.17) is 5.73 Å². The number of nitrogens with two attached hydrogens (primary N) is 1. The summed E-state index contributed by atoms with van der Waals surface area (Å²) in [7, 11) is 0. The molecule has 5 nitrogen and oxygen atoms in total. The molecule has 6 heteroatoms. The average Bonchev–Trinajstić information content (AvgIpc) is 2.79. The quantitative estimate of drug-likeness (QED) is 0.877. The summed E-state index contributed by atoms with van der Waals surface area (Å²) in [6.07, 6.45) is 1.94. The maximum Gasteiger partial charge on any atom is 0.169 e. The van der Waals surface area contributed by atoms with Gasteiger partial charge in [-0.2, -0.15) is 0 Å². The van der Waals surface area contributed by atoms with E-state index < -0.39 is 0 Å². The van der Waals surface area contributed by atoms with Gasteiger partial charge in [0.05, 0.1) is 12.2 Å². The van der Waals surface area contributed by atoms with Gasteiger partial charge in [0.15, 0.2) is 5.82 Å². The van der Waals surface area contributed by atoms with Gasteiger partial charge in [0.1, 0.15) is 5.01 Å². The predicted molar refractivity (Wildman–Crippen MR) is 64.4 cm³/mol. The fourth-order valence-electron chi connectivity index (χ4n) is 1.57. The molecule has 0 saturated heterocycles. The van der Waals surface area contributed by atoms with Crippen molar-refractivity contribution in [2.75, 3.05) is 5.73 Å². The minimum atomic E-state index is 0.537. The zero-order chi connectivity index (χ0) is 11.5. The molecule has 2 rings (SSSR count). The van der Waals surface area contributed by atoms with Crippen molar-refractivity contribution in [3.63, 3.8) is 0 Å². The third-order valence-corrected chi connectivity index (χ3v) is 3.26. The van der Waals surface area contributed by atoms with Crippen LogP contribution in [0.3, 0.4) is 0 Å². The van der Waals surface area contributed by atoms with Gasteiger partial charge in [0.2, 0.25) is 0 Å². The van der Waals surface area contributed by atoms with Gasteiger partial charge in [0.25, 0.3) is 0 Å². The number of rotatable bonds is 4. The molecule has 0 bridgehead atoms. The number of nitrogen functional groups attached to an aromatic ring is 1. The zero-order valence-electron chi connectivity index (χ0n) is 9.47. The number of aryl methyl sites for hydroxylation is 1. The lowest BCUT2D eigenvalue weighted by atomic mass is 10.2. The van der Waals surface area contributed by atoms with E-state index in [1.165, 1.54) is 0 Å². The molecule has 0 saturated carbocycles. The number of thiazole rings is 1. The molecule has 0 aliphatic rings. The first kappa shape index (κ1) is 11.1. The lowest BCUT2D eigenvalue weighted by Crippen LogP contribution is -2.07. The Morgan fingerprint density at radius 2 is 2.31 bits per heavy atom. The molecule has 0 fully saturated rings. The average molecular weight is 237 g/mol. The molecule has 16 heavy (non-hydrogen) atoms. The Hall–Kier alpha value is -1.43. The summed E-state index contributed by atoms with van der Waals surface area (Å²) in [5.41, 5.74) is 7.83. The first-order chi connectivity index (χ1) is 7.70. The Kier molecular flexibility index (Phi) is 3.19. The first-order valence-electron chi connectivity index (χ1n) is 5.29. The third kappa shape index (κ3) is 2.21. The monoisotopic (exact) mass is 237 g/mol. The standard InChI is InChI=1S/C10H15N5S/c1-3-4-8-10(11)13-14-15(8)5-9-12-7(2)6-16-9/h6H,3-5,11H2,1-2H3. The highest BCUT2D eigenvalue weighted by Gasteiger charge is 2.10. The number of hydrogen-bond donors (Lipinski definition) is 1. The van der Waals surface area contributed by atoms with Crippen LogP contribution < -0.4 is 5.73 Å². The molecule has 2 aromatic heterocycles. The van der Waals surface area contributed by atoms with Crippen LogP contribution in [-0.2, 0) is 13.0 Å². The second-order valence-corrected chi connectivity index (χ2v) is 4.65. The second-order valence-electron chi connectivity index (χ2n) is 3.71. The number of aromatic nitrogens is 4. The minimum Gasteiger partial charge on any atom is -0.381 e. The lowest BCUT2D eigenvalue weighted by molar-refractivity contribution is 0.611. The van der Waals surface area contributed by atoms with E-state index in [-0.39, 0.29) is 0 Å². The number of nitrogens with zero attached hydrogens (tertiary/aromatic N) is 4. The normalized spacial score (nSPS) is 10.9. The van der Waals surface area contributed by atoms with Crippen LogP contribution in [-0.4, -0.2) is 20.0 Å². The van der Waals surface area contributed by atoms with Gasteiger partial charge < -0.3 is 5.73 Å². The van der Waals surface area contributed by atoms with E-state index in [1.807, 2.05) is 17.0 Å². The molecule has 0 aliphatic heterocycles. The number of anilines is 1. The Labute approximate surface area is 98.3 Å². The summed E-state index contributed by atoms with van der Waals surface area (Å²) in [6.45, 7) is 4.77. The Morgan fingerprint density at radius 3 is 2.94 bits per heavy atom. The van der Waals surface area contributed by atoms with Gasteiger partial charge in [-0.15, -0.1) is 16.4 Å². The van der Waals surface area contributed by atoms with Crippen molar-refractivity contribution >= 4 is 17.2 Å². The zero-order valence-corrected chi connectivity index (χ0v) is 10.3. The van der Waals surface area contributed by atoms with Crippen LogP contribution in [0.4, 0.5) is 5.82 Å². The van der Waals surface area contributed by atoms with E-state index in [0.29, 0.717) is 12.4 Å². The summed E-state index contributed by atoms with van der Waals surface area (Å²) < 4.78 is 1.84. The fourth-order valence-corrected chi connectivity index (χ4v) is 2.32. The van der Waals surface area contributed by atoms with E-state index in [9.17, 15) is 0 Å².